The van der Waals surface area contributed by atoms with Gasteiger partial charge in [0, 0.05) is 0 Å². The molecule has 0 spiro atoms. The molecule has 82 valence electrons. The highest BCUT2D eigenvalue weighted by Crippen LogP contribution is 2.29. The van der Waals surface area contributed by atoms with Crippen LogP contribution in [0.5, 0.6) is 0 Å². The van der Waals surface area contributed by atoms with E-state index < -0.39 is 10.1 Å². The molecule has 0 radical (unpaired) electrons. The van der Waals surface area contributed by atoms with Crippen molar-refractivity contribution in [3.63, 3.8) is 0 Å². The predicted molar refractivity (Wildman–Crippen MR) is 49.1 cm³/mol. The molecule has 1 aliphatic carbocycles. The SMILES string of the molecule is COC(=O)[C@H]1CC[C@H](OS(C)(=O)=O)C1. The minimum Gasteiger partial charge on any atom is -0.469 e. The molecule has 0 aromatic carbocycles. The van der Waals surface area contributed by atoms with E-state index in [1.165, 1.54) is 7.11 Å². The molecule has 0 aromatic rings. The molecule has 1 fully saturated rings. The van der Waals surface area contributed by atoms with Crippen LogP contribution in [0.2, 0.25) is 0 Å². The highest BCUT2D eigenvalue weighted by Gasteiger charge is 2.32. The first-order valence-corrected chi connectivity index (χ1v) is 6.20. The number of rotatable bonds is 3. The van der Waals surface area contributed by atoms with Gasteiger partial charge < -0.3 is 4.74 Å². The number of esters is 1. The van der Waals surface area contributed by atoms with E-state index in [1.54, 1.807) is 0 Å². The lowest BCUT2D eigenvalue weighted by Gasteiger charge is -2.09. The average Bonchev–Trinajstić information content (AvgIpc) is 2.48. The molecule has 1 saturated carbocycles. The lowest BCUT2D eigenvalue weighted by Crippen LogP contribution is -2.17. The fourth-order valence-electron chi connectivity index (χ4n) is 1.66. The molecular formula is C8H14O5S. The largest absolute Gasteiger partial charge is 0.469 e. The number of carbonyl (C=O) groups is 1. The van der Waals surface area contributed by atoms with E-state index in [-0.39, 0.29) is 18.0 Å². The molecule has 0 N–H and O–H groups in total. The Hall–Kier alpha value is -0.620. The molecular weight excluding hydrogens is 208 g/mol. The predicted octanol–water partition coefficient (Wildman–Crippen LogP) is 0.304. The second kappa shape index (κ2) is 4.27. The van der Waals surface area contributed by atoms with Gasteiger partial charge in [-0.2, -0.15) is 8.42 Å². The Balaban J connectivity index is 2.46. The number of methoxy groups -OCH3 is 1. The van der Waals surface area contributed by atoms with Crippen molar-refractivity contribution in [2.24, 2.45) is 5.92 Å². The van der Waals surface area contributed by atoms with E-state index in [1.807, 2.05) is 0 Å². The summed E-state index contributed by atoms with van der Waals surface area (Å²) in [6, 6.07) is 0. The summed E-state index contributed by atoms with van der Waals surface area (Å²) >= 11 is 0. The Morgan fingerprint density at radius 2 is 2.00 bits per heavy atom. The average molecular weight is 222 g/mol. The molecule has 0 heterocycles. The fraction of sp³-hybridized carbons (Fsp3) is 0.875. The van der Waals surface area contributed by atoms with Crippen molar-refractivity contribution in [1.82, 2.24) is 0 Å². The van der Waals surface area contributed by atoms with Gasteiger partial charge >= 0.3 is 5.97 Å². The van der Waals surface area contributed by atoms with Crippen LogP contribution in [0.1, 0.15) is 19.3 Å². The van der Waals surface area contributed by atoms with Gasteiger partial charge in [0.25, 0.3) is 10.1 Å². The van der Waals surface area contributed by atoms with Gasteiger partial charge in [0.15, 0.2) is 0 Å². The first kappa shape index (κ1) is 11.5. The smallest absolute Gasteiger partial charge is 0.308 e. The second-order valence-electron chi connectivity index (χ2n) is 3.46. The molecule has 0 bridgehead atoms. The van der Waals surface area contributed by atoms with Crippen LogP contribution in [0.4, 0.5) is 0 Å². The number of ether oxygens (including phenoxy) is 1. The highest BCUT2D eigenvalue weighted by atomic mass is 32.2. The van der Waals surface area contributed by atoms with Crippen molar-refractivity contribution >= 4 is 16.1 Å². The zero-order chi connectivity index (χ0) is 10.8. The van der Waals surface area contributed by atoms with E-state index in [2.05, 4.69) is 4.74 Å². The van der Waals surface area contributed by atoms with Gasteiger partial charge in [0.05, 0.1) is 25.4 Å². The maximum atomic E-state index is 11.1. The van der Waals surface area contributed by atoms with E-state index in [0.29, 0.717) is 19.3 Å². The zero-order valence-corrected chi connectivity index (χ0v) is 9.04. The maximum Gasteiger partial charge on any atom is 0.308 e. The van der Waals surface area contributed by atoms with Crippen LogP contribution < -0.4 is 0 Å². The molecule has 14 heavy (non-hydrogen) atoms. The van der Waals surface area contributed by atoms with Crippen LogP contribution in [0.15, 0.2) is 0 Å². The van der Waals surface area contributed by atoms with Crippen LogP contribution in [0, 0.1) is 5.92 Å². The third kappa shape index (κ3) is 3.26. The Morgan fingerprint density at radius 3 is 2.50 bits per heavy atom. The lowest BCUT2D eigenvalue weighted by molar-refractivity contribution is -0.145. The molecule has 0 saturated heterocycles. The van der Waals surface area contributed by atoms with Crippen LogP contribution >= 0.6 is 0 Å². The zero-order valence-electron chi connectivity index (χ0n) is 8.23. The third-order valence-electron chi connectivity index (χ3n) is 2.23. The topological polar surface area (TPSA) is 69.7 Å². The minimum atomic E-state index is -3.42. The van der Waals surface area contributed by atoms with Crippen molar-refractivity contribution in [2.75, 3.05) is 13.4 Å². The third-order valence-corrected chi connectivity index (χ3v) is 2.85. The van der Waals surface area contributed by atoms with E-state index >= 15 is 0 Å². The van der Waals surface area contributed by atoms with Gasteiger partial charge in [-0.3, -0.25) is 8.98 Å². The van der Waals surface area contributed by atoms with Crippen LogP contribution in [0.25, 0.3) is 0 Å². The van der Waals surface area contributed by atoms with Gasteiger partial charge in [0.1, 0.15) is 0 Å². The molecule has 5 nitrogen and oxygen atoms in total. The summed E-state index contributed by atoms with van der Waals surface area (Å²) in [6.45, 7) is 0. The summed E-state index contributed by atoms with van der Waals surface area (Å²) in [4.78, 5) is 11.1. The Kier molecular flexibility index (Phi) is 3.49. The summed E-state index contributed by atoms with van der Waals surface area (Å²) in [7, 11) is -2.09. The summed E-state index contributed by atoms with van der Waals surface area (Å²) in [5, 5.41) is 0. The van der Waals surface area contributed by atoms with Crippen molar-refractivity contribution in [3.8, 4) is 0 Å². The Labute approximate surface area is 83.5 Å². The van der Waals surface area contributed by atoms with Crippen molar-refractivity contribution in [3.05, 3.63) is 0 Å². The fourth-order valence-corrected chi connectivity index (χ4v) is 2.32. The van der Waals surface area contributed by atoms with E-state index in [9.17, 15) is 13.2 Å². The summed E-state index contributed by atoms with van der Waals surface area (Å²) in [5.41, 5.74) is 0. The van der Waals surface area contributed by atoms with E-state index in [0.717, 1.165) is 6.26 Å². The summed E-state index contributed by atoms with van der Waals surface area (Å²) in [5.74, 6) is -0.503. The number of carbonyl (C=O) groups excluding carboxylic acids is 1. The van der Waals surface area contributed by atoms with Crippen molar-refractivity contribution in [1.29, 1.82) is 0 Å². The monoisotopic (exact) mass is 222 g/mol. The Morgan fingerprint density at radius 1 is 1.36 bits per heavy atom. The van der Waals surface area contributed by atoms with Gasteiger partial charge in [-0.15, -0.1) is 0 Å². The number of hydrogen-bond donors (Lipinski definition) is 0. The summed E-state index contributed by atoms with van der Waals surface area (Å²) in [6.07, 6.45) is 2.30. The van der Waals surface area contributed by atoms with Gasteiger partial charge in [-0.05, 0) is 19.3 Å². The lowest BCUT2D eigenvalue weighted by atomic mass is 10.1. The molecule has 2 atom stereocenters. The maximum absolute atomic E-state index is 11.1. The summed E-state index contributed by atoms with van der Waals surface area (Å²) < 4.78 is 30.9. The van der Waals surface area contributed by atoms with Crippen molar-refractivity contribution in [2.45, 2.75) is 25.4 Å². The molecule has 0 amide bonds. The van der Waals surface area contributed by atoms with Crippen molar-refractivity contribution < 1.29 is 22.1 Å². The molecule has 0 aliphatic heterocycles. The molecule has 1 aliphatic rings. The van der Waals surface area contributed by atoms with Crippen LogP contribution in [0.3, 0.4) is 0 Å². The first-order chi connectivity index (χ1) is 6.42. The number of hydrogen-bond acceptors (Lipinski definition) is 5. The first-order valence-electron chi connectivity index (χ1n) is 4.38. The molecule has 0 unspecified atom stereocenters. The molecule has 1 rings (SSSR count). The molecule has 6 heteroatoms. The Bertz CT molecular complexity index is 308. The quantitative estimate of drug-likeness (QED) is 0.507. The highest BCUT2D eigenvalue weighted by molar-refractivity contribution is 7.86. The molecule has 0 aromatic heterocycles. The van der Waals surface area contributed by atoms with Gasteiger partial charge in [-0.25, -0.2) is 0 Å². The standard InChI is InChI=1S/C8H14O5S/c1-12-8(9)6-3-4-7(5-6)13-14(2,10)11/h6-7H,3-5H2,1-2H3/t6-,7-/m0/s1. The second-order valence-corrected chi connectivity index (χ2v) is 5.06. The van der Waals surface area contributed by atoms with Gasteiger partial charge in [0.2, 0.25) is 0 Å². The normalized spacial score (nSPS) is 27.6. The van der Waals surface area contributed by atoms with Crippen LogP contribution in [-0.4, -0.2) is 33.9 Å². The van der Waals surface area contributed by atoms with Crippen LogP contribution in [-0.2, 0) is 23.8 Å². The van der Waals surface area contributed by atoms with Gasteiger partial charge in [-0.1, -0.05) is 0 Å². The van der Waals surface area contributed by atoms with E-state index in [4.69, 9.17) is 4.18 Å². The minimum absolute atomic E-state index is 0.216.